The van der Waals surface area contributed by atoms with E-state index in [2.05, 4.69) is 15.4 Å². The van der Waals surface area contributed by atoms with Gasteiger partial charge in [0.1, 0.15) is 0 Å². The van der Waals surface area contributed by atoms with Crippen molar-refractivity contribution in [2.24, 2.45) is 0 Å². The molecule has 130 valence electrons. The van der Waals surface area contributed by atoms with E-state index < -0.39 is 0 Å². The molecule has 0 unspecified atom stereocenters. The lowest BCUT2D eigenvalue weighted by Gasteiger charge is -2.06. The molecule has 0 fully saturated rings. The summed E-state index contributed by atoms with van der Waals surface area (Å²) in [6.45, 7) is 2.61. The van der Waals surface area contributed by atoms with Crippen LogP contribution in [0.4, 0.5) is 0 Å². The number of nitrogens with zero attached hydrogens (tertiary/aromatic N) is 3. The molecule has 25 heavy (non-hydrogen) atoms. The SMILES string of the molecule is Cc1cc2ncc(CCCNC(=O)CCc3cccc(Cl)c3)cn2n1. The van der Waals surface area contributed by atoms with Gasteiger partial charge in [-0.2, -0.15) is 5.10 Å². The highest BCUT2D eigenvalue weighted by Gasteiger charge is 2.04. The third-order valence-electron chi connectivity index (χ3n) is 3.98. The van der Waals surface area contributed by atoms with E-state index in [1.165, 1.54) is 0 Å². The average molecular weight is 357 g/mol. The number of carbonyl (C=O) groups is 1. The van der Waals surface area contributed by atoms with Gasteiger partial charge in [0, 0.05) is 36.4 Å². The van der Waals surface area contributed by atoms with Gasteiger partial charge in [0.2, 0.25) is 5.91 Å². The van der Waals surface area contributed by atoms with Crippen LogP contribution in [-0.4, -0.2) is 27.0 Å². The van der Waals surface area contributed by atoms with Crippen molar-refractivity contribution in [3.63, 3.8) is 0 Å². The van der Waals surface area contributed by atoms with Crippen LogP contribution in [0, 0.1) is 6.92 Å². The third-order valence-corrected chi connectivity index (χ3v) is 4.22. The molecule has 3 aromatic rings. The molecule has 0 bridgehead atoms. The average Bonchev–Trinajstić information content (AvgIpc) is 2.96. The summed E-state index contributed by atoms with van der Waals surface area (Å²) in [7, 11) is 0. The summed E-state index contributed by atoms with van der Waals surface area (Å²) in [6.07, 6.45) is 6.77. The molecule has 5 nitrogen and oxygen atoms in total. The summed E-state index contributed by atoms with van der Waals surface area (Å²) in [5, 5.41) is 8.03. The van der Waals surface area contributed by atoms with Crippen LogP contribution in [0.1, 0.15) is 29.7 Å². The van der Waals surface area contributed by atoms with Gasteiger partial charge in [-0.25, -0.2) is 9.50 Å². The Morgan fingerprint density at radius 2 is 2.12 bits per heavy atom. The Morgan fingerprint density at radius 3 is 2.96 bits per heavy atom. The Labute approximate surface area is 152 Å². The Kier molecular flexibility index (Phi) is 5.66. The van der Waals surface area contributed by atoms with Gasteiger partial charge in [0.05, 0.1) is 5.69 Å². The maximum Gasteiger partial charge on any atom is 0.220 e. The molecule has 1 aromatic carbocycles. The highest BCUT2D eigenvalue weighted by Crippen LogP contribution is 2.12. The number of benzene rings is 1. The van der Waals surface area contributed by atoms with Crippen LogP contribution in [-0.2, 0) is 17.6 Å². The number of hydrogen-bond acceptors (Lipinski definition) is 3. The molecule has 1 amide bonds. The minimum atomic E-state index is 0.0660. The minimum absolute atomic E-state index is 0.0660. The zero-order chi connectivity index (χ0) is 17.6. The minimum Gasteiger partial charge on any atom is -0.356 e. The van der Waals surface area contributed by atoms with Crippen LogP contribution < -0.4 is 5.32 Å². The summed E-state index contributed by atoms with van der Waals surface area (Å²) >= 11 is 5.95. The second-order valence-corrected chi connectivity index (χ2v) is 6.57. The number of amides is 1. The van der Waals surface area contributed by atoms with Gasteiger partial charge in [-0.3, -0.25) is 4.79 Å². The molecule has 0 atom stereocenters. The number of rotatable bonds is 7. The standard InChI is InChI=1S/C19H21ClN4O/c1-14-10-18-22-12-16(13-24(18)23-14)5-3-9-21-19(25)8-7-15-4-2-6-17(20)11-15/h2,4,6,10-13H,3,5,7-9H2,1H3,(H,21,25). The van der Waals surface area contributed by atoms with E-state index in [0.29, 0.717) is 24.4 Å². The zero-order valence-electron chi connectivity index (χ0n) is 14.2. The number of carbonyl (C=O) groups excluding carboxylic acids is 1. The van der Waals surface area contributed by atoms with Gasteiger partial charge >= 0.3 is 0 Å². The molecule has 0 saturated heterocycles. The summed E-state index contributed by atoms with van der Waals surface area (Å²) < 4.78 is 1.80. The molecule has 0 aliphatic heterocycles. The molecule has 0 spiro atoms. The van der Waals surface area contributed by atoms with E-state index >= 15 is 0 Å². The Bertz CT molecular complexity index is 875. The third kappa shape index (κ3) is 5.03. The van der Waals surface area contributed by atoms with Crippen molar-refractivity contribution in [2.75, 3.05) is 6.54 Å². The highest BCUT2D eigenvalue weighted by atomic mass is 35.5. The first-order valence-corrected chi connectivity index (χ1v) is 8.80. The predicted molar refractivity (Wildman–Crippen MR) is 98.8 cm³/mol. The summed E-state index contributed by atoms with van der Waals surface area (Å²) in [5.41, 5.74) is 4.01. The molecule has 0 saturated carbocycles. The lowest BCUT2D eigenvalue weighted by Crippen LogP contribution is -2.25. The molecular formula is C19H21ClN4O. The maximum absolute atomic E-state index is 11.9. The monoisotopic (exact) mass is 356 g/mol. The molecular weight excluding hydrogens is 336 g/mol. The first-order chi connectivity index (χ1) is 12.1. The fraction of sp³-hybridized carbons (Fsp3) is 0.316. The fourth-order valence-electron chi connectivity index (χ4n) is 2.72. The smallest absolute Gasteiger partial charge is 0.220 e. The van der Waals surface area contributed by atoms with E-state index in [1.807, 2.05) is 49.6 Å². The van der Waals surface area contributed by atoms with Crippen molar-refractivity contribution >= 4 is 23.2 Å². The van der Waals surface area contributed by atoms with E-state index in [-0.39, 0.29) is 5.91 Å². The van der Waals surface area contributed by atoms with Crippen LogP contribution in [0.2, 0.25) is 5.02 Å². The number of nitrogens with one attached hydrogen (secondary N) is 1. The van der Waals surface area contributed by atoms with Gasteiger partial charge in [-0.05, 0) is 49.4 Å². The topological polar surface area (TPSA) is 59.3 Å². The van der Waals surface area contributed by atoms with Crippen molar-refractivity contribution < 1.29 is 4.79 Å². The van der Waals surface area contributed by atoms with Gasteiger partial charge in [0.15, 0.2) is 5.65 Å². The zero-order valence-corrected chi connectivity index (χ0v) is 15.0. The van der Waals surface area contributed by atoms with Crippen molar-refractivity contribution in [3.8, 4) is 0 Å². The van der Waals surface area contributed by atoms with Crippen LogP contribution in [0.3, 0.4) is 0 Å². The number of halogens is 1. The largest absolute Gasteiger partial charge is 0.356 e. The van der Waals surface area contributed by atoms with Crippen molar-refractivity contribution in [3.05, 3.63) is 64.6 Å². The number of aryl methyl sites for hydroxylation is 3. The first kappa shape index (κ1) is 17.4. The van der Waals surface area contributed by atoms with Gasteiger partial charge < -0.3 is 5.32 Å². The second kappa shape index (κ2) is 8.12. The van der Waals surface area contributed by atoms with E-state index in [0.717, 1.165) is 35.3 Å². The fourth-order valence-corrected chi connectivity index (χ4v) is 2.93. The van der Waals surface area contributed by atoms with E-state index in [1.54, 1.807) is 4.52 Å². The second-order valence-electron chi connectivity index (χ2n) is 6.13. The molecule has 1 N–H and O–H groups in total. The normalized spacial score (nSPS) is 11.0. The molecule has 3 rings (SSSR count). The quantitative estimate of drug-likeness (QED) is 0.660. The lowest BCUT2D eigenvalue weighted by atomic mass is 10.1. The molecule has 0 aliphatic carbocycles. The predicted octanol–water partition coefficient (Wildman–Crippen LogP) is 3.37. The van der Waals surface area contributed by atoms with E-state index in [9.17, 15) is 4.79 Å². The Balaban J connectivity index is 1.39. The van der Waals surface area contributed by atoms with Crippen molar-refractivity contribution in [1.29, 1.82) is 0 Å². The first-order valence-electron chi connectivity index (χ1n) is 8.42. The Hall–Kier alpha value is -2.40. The molecule has 2 heterocycles. The summed E-state index contributed by atoms with van der Waals surface area (Å²) in [6, 6.07) is 9.57. The molecule has 2 aromatic heterocycles. The van der Waals surface area contributed by atoms with Crippen molar-refractivity contribution in [1.82, 2.24) is 19.9 Å². The molecule has 0 aliphatic rings. The highest BCUT2D eigenvalue weighted by molar-refractivity contribution is 6.30. The lowest BCUT2D eigenvalue weighted by molar-refractivity contribution is -0.121. The Morgan fingerprint density at radius 1 is 1.24 bits per heavy atom. The van der Waals surface area contributed by atoms with Gasteiger partial charge in [0.25, 0.3) is 0 Å². The van der Waals surface area contributed by atoms with Crippen LogP contribution in [0.15, 0.2) is 42.7 Å². The van der Waals surface area contributed by atoms with Crippen LogP contribution in [0.25, 0.3) is 5.65 Å². The van der Waals surface area contributed by atoms with Crippen LogP contribution in [0.5, 0.6) is 0 Å². The molecule has 0 radical (unpaired) electrons. The summed E-state index contributed by atoms with van der Waals surface area (Å²) in [4.78, 5) is 16.3. The van der Waals surface area contributed by atoms with Crippen molar-refractivity contribution in [2.45, 2.75) is 32.6 Å². The van der Waals surface area contributed by atoms with Gasteiger partial charge in [-0.15, -0.1) is 0 Å². The van der Waals surface area contributed by atoms with Crippen LogP contribution >= 0.6 is 11.6 Å². The maximum atomic E-state index is 11.9. The van der Waals surface area contributed by atoms with Gasteiger partial charge in [-0.1, -0.05) is 23.7 Å². The van der Waals surface area contributed by atoms with E-state index in [4.69, 9.17) is 11.6 Å². The number of hydrogen-bond donors (Lipinski definition) is 1. The molecule has 6 heteroatoms. The summed E-state index contributed by atoms with van der Waals surface area (Å²) in [5.74, 6) is 0.0660. The number of aromatic nitrogens is 3. The number of fused-ring (bicyclic) bond motifs is 1.